The van der Waals surface area contributed by atoms with Crippen LogP contribution in [0.3, 0.4) is 0 Å². The standard InChI is InChI=1S/C14H16BrClN4/c1-2-6-17-14-19-9-12(16)13(20-14)18-8-10-4-3-5-11(15)7-10/h3-5,7,9H,2,6,8H2,1H3,(H2,17,18,19,20). The van der Waals surface area contributed by atoms with Gasteiger partial charge in [-0.3, -0.25) is 0 Å². The molecule has 1 heterocycles. The van der Waals surface area contributed by atoms with Crippen molar-refractivity contribution >= 4 is 39.3 Å². The second-order valence-electron chi connectivity index (χ2n) is 4.30. The fourth-order valence-electron chi connectivity index (χ4n) is 1.65. The fraction of sp³-hybridized carbons (Fsp3) is 0.286. The predicted octanol–water partition coefficient (Wildman–Crippen LogP) is 4.33. The summed E-state index contributed by atoms with van der Waals surface area (Å²) in [7, 11) is 0. The van der Waals surface area contributed by atoms with Gasteiger partial charge in [-0.1, -0.05) is 46.6 Å². The Kier molecular flexibility index (Phi) is 5.61. The lowest BCUT2D eigenvalue weighted by atomic mass is 10.2. The normalized spacial score (nSPS) is 10.3. The van der Waals surface area contributed by atoms with Gasteiger partial charge in [0.25, 0.3) is 0 Å². The maximum absolute atomic E-state index is 6.10. The van der Waals surface area contributed by atoms with Crippen molar-refractivity contribution in [2.45, 2.75) is 19.9 Å². The maximum Gasteiger partial charge on any atom is 0.224 e. The molecule has 6 heteroatoms. The zero-order valence-electron chi connectivity index (χ0n) is 11.2. The van der Waals surface area contributed by atoms with Crippen LogP contribution in [0.1, 0.15) is 18.9 Å². The third-order valence-corrected chi connectivity index (χ3v) is 3.40. The number of nitrogens with zero attached hydrogens (tertiary/aromatic N) is 2. The van der Waals surface area contributed by atoms with E-state index in [0.717, 1.165) is 23.0 Å². The number of hydrogen-bond acceptors (Lipinski definition) is 4. The molecule has 0 unspecified atom stereocenters. The lowest BCUT2D eigenvalue weighted by Crippen LogP contribution is -2.08. The molecular formula is C14H16BrClN4. The predicted molar refractivity (Wildman–Crippen MR) is 87.3 cm³/mol. The van der Waals surface area contributed by atoms with E-state index in [9.17, 15) is 0 Å². The molecule has 0 saturated carbocycles. The summed E-state index contributed by atoms with van der Waals surface area (Å²) in [5, 5.41) is 6.89. The van der Waals surface area contributed by atoms with Crippen LogP contribution in [-0.2, 0) is 6.54 Å². The van der Waals surface area contributed by atoms with Gasteiger partial charge < -0.3 is 10.6 Å². The summed E-state index contributed by atoms with van der Waals surface area (Å²) in [6.45, 7) is 3.59. The molecule has 2 aromatic rings. The van der Waals surface area contributed by atoms with E-state index in [4.69, 9.17) is 11.6 Å². The molecule has 0 aliphatic carbocycles. The van der Waals surface area contributed by atoms with Crippen molar-refractivity contribution in [1.82, 2.24) is 9.97 Å². The van der Waals surface area contributed by atoms with Crippen molar-refractivity contribution in [3.63, 3.8) is 0 Å². The van der Waals surface area contributed by atoms with Gasteiger partial charge >= 0.3 is 0 Å². The molecule has 106 valence electrons. The number of halogens is 2. The van der Waals surface area contributed by atoms with Crippen molar-refractivity contribution in [3.8, 4) is 0 Å². The molecule has 0 aliphatic heterocycles. The highest BCUT2D eigenvalue weighted by atomic mass is 79.9. The monoisotopic (exact) mass is 354 g/mol. The number of rotatable bonds is 6. The first kappa shape index (κ1) is 15.1. The second kappa shape index (κ2) is 7.45. The van der Waals surface area contributed by atoms with Crippen LogP contribution in [0.4, 0.5) is 11.8 Å². The Morgan fingerprint density at radius 2 is 2.15 bits per heavy atom. The molecule has 4 nitrogen and oxygen atoms in total. The van der Waals surface area contributed by atoms with Gasteiger partial charge in [0.15, 0.2) is 5.82 Å². The van der Waals surface area contributed by atoms with Gasteiger partial charge in [-0.05, 0) is 24.1 Å². The van der Waals surface area contributed by atoms with Crippen LogP contribution in [0.15, 0.2) is 34.9 Å². The third-order valence-electron chi connectivity index (χ3n) is 2.63. The molecule has 0 spiro atoms. The molecule has 0 bridgehead atoms. The molecule has 0 amide bonds. The maximum atomic E-state index is 6.10. The molecular weight excluding hydrogens is 340 g/mol. The SMILES string of the molecule is CCCNc1ncc(Cl)c(NCc2cccc(Br)c2)n1. The Hall–Kier alpha value is -1.33. The molecule has 1 aromatic heterocycles. The van der Waals surface area contributed by atoms with Gasteiger partial charge in [-0.2, -0.15) is 4.98 Å². The molecule has 2 rings (SSSR count). The highest BCUT2D eigenvalue weighted by molar-refractivity contribution is 9.10. The second-order valence-corrected chi connectivity index (χ2v) is 5.62. The Labute approximate surface area is 132 Å². The summed E-state index contributed by atoms with van der Waals surface area (Å²) < 4.78 is 1.05. The average Bonchev–Trinajstić information content (AvgIpc) is 2.45. The number of hydrogen-bond donors (Lipinski definition) is 2. The lowest BCUT2D eigenvalue weighted by Gasteiger charge is -2.10. The van der Waals surface area contributed by atoms with Gasteiger partial charge in [0.1, 0.15) is 5.02 Å². The molecule has 1 aromatic carbocycles. The van der Waals surface area contributed by atoms with Crippen LogP contribution in [0.2, 0.25) is 5.02 Å². The smallest absolute Gasteiger partial charge is 0.224 e. The first-order valence-electron chi connectivity index (χ1n) is 6.43. The summed E-state index contributed by atoms with van der Waals surface area (Å²) >= 11 is 9.56. The molecule has 0 aliphatic rings. The minimum atomic E-state index is 0.516. The van der Waals surface area contributed by atoms with Crippen LogP contribution >= 0.6 is 27.5 Å². The van der Waals surface area contributed by atoms with Gasteiger partial charge in [0.2, 0.25) is 5.95 Å². The minimum Gasteiger partial charge on any atom is -0.365 e. The molecule has 0 atom stereocenters. The van der Waals surface area contributed by atoms with Gasteiger partial charge in [0, 0.05) is 17.6 Å². The van der Waals surface area contributed by atoms with Crippen LogP contribution < -0.4 is 10.6 Å². The van der Waals surface area contributed by atoms with Crippen molar-refractivity contribution in [2.24, 2.45) is 0 Å². The van der Waals surface area contributed by atoms with E-state index in [0.29, 0.717) is 23.3 Å². The Balaban J connectivity index is 2.04. The van der Waals surface area contributed by atoms with Crippen molar-refractivity contribution < 1.29 is 0 Å². The summed E-state index contributed by atoms with van der Waals surface area (Å²) in [5.41, 5.74) is 1.15. The number of benzene rings is 1. The number of anilines is 2. The van der Waals surface area contributed by atoms with E-state index in [1.165, 1.54) is 0 Å². The van der Waals surface area contributed by atoms with Crippen LogP contribution in [0.5, 0.6) is 0 Å². The van der Waals surface area contributed by atoms with E-state index in [-0.39, 0.29) is 0 Å². The summed E-state index contributed by atoms with van der Waals surface area (Å²) in [6, 6.07) is 8.09. The first-order chi connectivity index (χ1) is 9.69. The van der Waals surface area contributed by atoms with Crippen molar-refractivity contribution in [1.29, 1.82) is 0 Å². The molecule has 0 radical (unpaired) electrons. The number of aromatic nitrogens is 2. The van der Waals surface area contributed by atoms with E-state index >= 15 is 0 Å². The highest BCUT2D eigenvalue weighted by Gasteiger charge is 2.05. The van der Waals surface area contributed by atoms with E-state index in [1.54, 1.807) is 6.20 Å². The topological polar surface area (TPSA) is 49.8 Å². The Morgan fingerprint density at radius 1 is 1.30 bits per heavy atom. The van der Waals surface area contributed by atoms with Crippen LogP contribution in [0.25, 0.3) is 0 Å². The van der Waals surface area contributed by atoms with Gasteiger partial charge in [0.05, 0.1) is 6.20 Å². The Morgan fingerprint density at radius 3 is 2.90 bits per heavy atom. The van der Waals surface area contributed by atoms with Crippen LogP contribution in [-0.4, -0.2) is 16.5 Å². The van der Waals surface area contributed by atoms with Gasteiger partial charge in [-0.25, -0.2) is 4.98 Å². The van der Waals surface area contributed by atoms with E-state index < -0.39 is 0 Å². The third kappa shape index (κ3) is 4.35. The van der Waals surface area contributed by atoms with E-state index in [1.807, 2.05) is 18.2 Å². The number of nitrogens with one attached hydrogen (secondary N) is 2. The highest BCUT2D eigenvalue weighted by Crippen LogP contribution is 2.20. The van der Waals surface area contributed by atoms with Crippen molar-refractivity contribution in [2.75, 3.05) is 17.2 Å². The first-order valence-corrected chi connectivity index (χ1v) is 7.61. The largest absolute Gasteiger partial charge is 0.365 e. The Bertz CT molecular complexity index is 577. The molecule has 0 fully saturated rings. The summed E-state index contributed by atoms with van der Waals surface area (Å²) in [5.74, 6) is 1.23. The zero-order valence-corrected chi connectivity index (χ0v) is 13.5. The minimum absolute atomic E-state index is 0.516. The average molecular weight is 356 g/mol. The van der Waals surface area contributed by atoms with Gasteiger partial charge in [-0.15, -0.1) is 0 Å². The quantitative estimate of drug-likeness (QED) is 0.810. The lowest BCUT2D eigenvalue weighted by molar-refractivity contribution is 0.950. The molecule has 0 saturated heterocycles. The van der Waals surface area contributed by atoms with Crippen molar-refractivity contribution in [3.05, 3.63) is 45.5 Å². The van der Waals surface area contributed by atoms with E-state index in [2.05, 4.69) is 49.5 Å². The zero-order chi connectivity index (χ0) is 14.4. The molecule has 2 N–H and O–H groups in total. The summed E-state index contributed by atoms with van der Waals surface area (Å²) in [6.07, 6.45) is 2.63. The fourth-order valence-corrected chi connectivity index (χ4v) is 2.25. The molecule has 20 heavy (non-hydrogen) atoms. The summed E-state index contributed by atoms with van der Waals surface area (Å²) in [4.78, 5) is 8.51. The van der Waals surface area contributed by atoms with Crippen LogP contribution in [0, 0.1) is 0 Å².